The maximum Gasteiger partial charge on any atom is 0.410 e. The van der Waals surface area contributed by atoms with Gasteiger partial charge in [-0.05, 0) is 51.8 Å². The minimum Gasteiger partial charge on any atom is -0.466 e. The summed E-state index contributed by atoms with van der Waals surface area (Å²) in [5.74, 6) is -0.718. The zero-order chi connectivity index (χ0) is 17.9. The van der Waals surface area contributed by atoms with Crippen molar-refractivity contribution in [3.8, 4) is 0 Å². The third-order valence-corrected chi connectivity index (χ3v) is 4.04. The molecule has 2 rings (SSSR count). The molecule has 1 aromatic rings. The molecule has 5 nitrogen and oxygen atoms in total. The van der Waals surface area contributed by atoms with Crippen LogP contribution in [0.4, 0.5) is 4.79 Å². The van der Waals surface area contributed by atoms with Gasteiger partial charge in [-0.2, -0.15) is 0 Å². The molecule has 1 fully saturated rings. The van der Waals surface area contributed by atoms with Crippen LogP contribution in [0.1, 0.15) is 45.7 Å². The maximum absolute atomic E-state index is 12.6. The Morgan fingerprint density at radius 2 is 2.04 bits per heavy atom. The normalized spacial score (nSPS) is 20.8. The highest BCUT2D eigenvalue weighted by molar-refractivity contribution is 6.30. The van der Waals surface area contributed by atoms with E-state index in [0.717, 1.165) is 5.56 Å². The van der Waals surface area contributed by atoms with Crippen molar-refractivity contribution >= 4 is 23.7 Å². The number of likely N-dealkylation sites (tertiary alicyclic amines) is 1. The second-order valence-corrected chi connectivity index (χ2v) is 7.26. The highest BCUT2D eigenvalue weighted by Crippen LogP contribution is 2.39. The molecule has 2 atom stereocenters. The molecule has 0 N–H and O–H groups in total. The van der Waals surface area contributed by atoms with Crippen LogP contribution in [0.5, 0.6) is 0 Å². The predicted molar refractivity (Wildman–Crippen MR) is 91.9 cm³/mol. The number of rotatable bonds is 3. The number of ether oxygens (including phenoxy) is 2. The SMILES string of the molecule is CCOC(=O)[C@H]1CCN(C(=O)OC(C)(C)C)[C@@H]1c1cccc(Cl)c1. The molecule has 1 aliphatic heterocycles. The Kier molecular flexibility index (Phi) is 5.75. The maximum atomic E-state index is 12.6. The third-order valence-electron chi connectivity index (χ3n) is 3.81. The van der Waals surface area contributed by atoms with Crippen LogP contribution in [-0.2, 0) is 14.3 Å². The van der Waals surface area contributed by atoms with Crippen molar-refractivity contribution in [2.24, 2.45) is 5.92 Å². The van der Waals surface area contributed by atoms with E-state index in [1.54, 1.807) is 24.0 Å². The van der Waals surface area contributed by atoms with Crippen molar-refractivity contribution in [1.29, 1.82) is 0 Å². The van der Waals surface area contributed by atoms with E-state index >= 15 is 0 Å². The van der Waals surface area contributed by atoms with E-state index in [1.807, 2.05) is 32.9 Å². The lowest BCUT2D eigenvalue weighted by Gasteiger charge is -2.30. The topological polar surface area (TPSA) is 55.8 Å². The van der Waals surface area contributed by atoms with Crippen molar-refractivity contribution in [2.45, 2.75) is 45.8 Å². The molecule has 24 heavy (non-hydrogen) atoms. The minimum absolute atomic E-state index is 0.298. The van der Waals surface area contributed by atoms with E-state index in [4.69, 9.17) is 21.1 Å². The molecular weight excluding hydrogens is 330 g/mol. The van der Waals surface area contributed by atoms with Crippen molar-refractivity contribution in [3.63, 3.8) is 0 Å². The fourth-order valence-electron chi connectivity index (χ4n) is 2.92. The molecule has 0 radical (unpaired) electrons. The molecule has 0 spiro atoms. The van der Waals surface area contributed by atoms with Gasteiger partial charge in [0.2, 0.25) is 0 Å². The molecular formula is C18H24ClNO4. The van der Waals surface area contributed by atoms with Crippen LogP contribution in [0.3, 0.4) is 0 Å². The second kappa shape index (κ2) is 7.43. The largest absolute Gasteiger partial charge is 0.466 e. The third kappa shape index (κ3) is 4.41. The van der Waals surface area contributed by atoms with Crippen LogP contribution in [-0.4, -0.2) is 35.7 Å². The number of halogens is 1. The molecule has 1 heterocycles. The van der Waals surface area contributed by atoms with Gasteiger partial charge in [0, 0.05) is 11.6 Å². The fraction of sp³-hybridized carbons (Fsp3) is 0.556. The van der Waals surface area contributed by atoms with Crippen LogP contribution < -0.4 is 0 Å². The Bertz CT molecular complexity index is 611. The summed E-state index contributed by atoms with van der Waals surface area (Å²) >= 11 is 6.09. The molecule has 0 aromatic heterocycles. The van der Waals surface area contributed by atoms with Gasteiger partial charge in [0.05, 0.1) is 18.6 Å². The lowest BCUT2D eigenvalue weighted by atomic mass is 9.94. The summed E-state index contributed by atoms with van der Waals surface area (Å²) in [5, 5.41) is 0.561. The molecule has 1 amide bonds. The first-order valence-corrected chi connectivity index (χ1v) is 8.52. The van der Waals surface area contributed by atoms with Gasteiger partial charge < -0.3 is 14.4 Å². The van der Waals surface area contributed by atoms with Crippen molar-refractivity contribution in [2.75, 3.05) is 13.2 Å². The quantitative estimate of drug-likeness (QED) is 0.764. The van der Waals surface area contributed by atoms with E-state index in [9.17, 15) is 9.59 Å². The van der Waals surface area contributed by atoms with Gasteiger partial charge in [0.15, 0.2) is 0 Å². The number of hydrogen-bond acceptors (Lipinski definition) is 4. The molecule has 0 aliphatic carbocycles. The molecule has 1 aliphatic rings. The fourth-order valence-corrected chi connectivity index (χ4v) is 3.12. The number of esters is 1. The molecule has 0 unspecified atom stereocenters. The molecule has 1 saturated heterocycles. The number of carbonyl (C=O) groups excluding carboxylic acids is 2. The van der Waals surface area contributed by atoms with Gasteiger partial charge in [-0.15, -0.1) is 0 Å². The van der Waals surface area contributed by atoms with Crippen LogP contribution in [0.15, 0.2) is 24.3 Å². The summed E-state index contributed by atoms with van der Waals surface area (Å²) in [6.07, 6.45) is 0.106. The van der Waals surface area contributed by atoms with Crippen molar-refractivity contribution in [1.82, 2.24) is 4.90 Å². The number of amides is 1. The molecule has 132 valence electrons. The zero-order valence-electron chi connectivity index (χ0n) is 14.5. The number of carbonyl (C=O) groups is 2. The van der Waals surface area contributed by atoms with E-state index in [0.29, 0.717) is 24.6 Å². The average Bonchev–Trinajstić information content (AvgIpc) is 2.90. The zero-order valence-corrected chi connectivity index (χ0v) is 15.3. The Hall–Kier alpha value is -1.75. The van der Waals surface area contributed by atoms with Gasteiger partial charge in [-0.25, -0.2) is 4.79 Å². The van der Waals surface area contributed by atoms with Crippen molar-refractivity contribution < 1.29 is 19.1 Å². The number of nitrogens with zero attached hydrogens (tertiary/aromatic N) is 1. The Balaban J connectivity index is 2.33. The van der Waals surface area contributed by atoms with Crippen LogP contribution in [0, 0.1) is 5.92 Å². The molecule has 0 saturated carbocycles. The average molecular weight is 354 g/mol. The molecule has 1 aromatic carbocycles. The summed E-state index contributed by atoms with van der Waals surface area (Å²) in [6.45, 7) is 7.97. The second-order valence-electron chi connectivity index (χ2n) is 6.82. The molecule has 6 heteroatoms. The van der Waals surface area contributed by atoms with Gasteiger partial charge in [0.25, 0.3) is 0 Å². The van der Waals surface area contributed by atoms with Gasteiger partial charge in [-0.3, -0.25) is 4.79 Å². The smallest absolute Gasteiger partial charge is 0.410 e. The predicted octanol–water partition coefficient (Wildman–Crippen LogP) is 4.20. The number of hydrogen-bond donors (Lipinski definition) is 0. The first kappa shape index (κ1) is 18.6. The first-order chi connectivity index (χ1) is 11.2. The van der Waals surface area contributed by atoms with Crippen LogP contribution in [0.2, 0.25) is 5.02 Å². The Morgan fingerprint density at radius 3 is 2.62 bits per heavy atom. The standard InChI is InChI=1S/C18H24ClNO4/c1-5-23-16(21)14-9-10-20(17(22)24-18(2,3)4)15(14)12-7-6-8-13(19)11-12/h6-8,11,14-15H,5,9-10H2,1-4H3/t14-,15+/m0/s1. The summed E-state index contributed by atoms with van der Waals surface area (Å²) in [7, 11) is 0. The highest BCUT2D eigenvalue weighted by Gasteiger charge is 2.44. The first-order valence-electron chi connectivity index (χ1n) is 8.14. The summed E-state index contributed by atoms with van der Waals surface area (Å²) in [4.78, 5) is 26.5. The summed E-state index contributed by atoms with van der Waals surface area (Å²) in [5.41, 5.74) is 0.210. The lowest BCUT2D eigenvalue weighted by molar-refractivity contribution is -0.148. The monoisotopic (exact) mass is 353 g/mol. The van der Waals surface area contributed by atoms with Gasteiger partial charge in [-0.1, -0.05) is 23.7 Å². The Morgan fingerprint density at radius 1 is 1.33 bits per heavy atom. The van der Waals surface area contributed by atoms with Crippen LogP contribution >= 0.6 is 11.6 Å². The summed E-state index contributed by atoms with van der Waals surface area (Å²) < 4.78 is 10.7. The van der Waals surface area contributed by atoms with Crippen molar-refractivity contribution in [3.05, 3.63) is 34.9 Å². The van der Waals surface area contributed by atoms with E-state index in [2.05, 4.69) is 0 Å². The highest BCUT2D eigenvalue weighted by atomic mass is 35.5. The molecule has 0 bridgehead atoms. The Labute approximate surface area is 147 Å². The number of benzene rings is 1. The van der Waals surface area contributed by atoms with E-state index in [-0.39, 0.29) is 5.97 Å². The van der Waals surface area contributed by atoms with Gasteiger partial charge >= 0.3 is 12.1 Å². The lowest BCUT2D eigenvalue weighted by Crippen LogP contribution is -2.38. The van der Waals surface area contributed by atoms with E-state index < -0.39 is 23.7 Å². The van der Waals surface area contributed by atoms with Gasteiger partial charge in [0.1, 0.15) is 5.60 Å². The van der Waals surface area contributed by atoms with Crippen LogP contribution in [0.25, 0.3) is 0 Å². The minimum atomic E-state index is -0.599. The summed E-state index contributed by atoms with van der Waals surface area (Å²) in [6, 6.07) is 6.78. The van der Waals surface area contributed by atoms with E-state index in [1.165, 1.54) is 0 Å².